The molecule has 0 atom stereocenters. The molecule has 0 aromatic carbocycles. The molecular formula is C11H9N2O. The second-order valence-corrected chi connectivity index (χ2v) is 2.89. The first kappa shape index (κ1) is 8.84. The van der Waals surface area contributed by atoms with E-state index in [9.17, 15) is 5.11 Å². The van der Waals surface area contributed by atoms with E-state index in [0.29, 0.717) is 11.4 Å². The molecule has 2 aromatic heterocycles. The number of rotatable bonds is 2. The molecule has 14 heavy (non-hydrogen) atoms. The van der Waals surface area contributed by atoms with E-state index in [1.54, 1.807) is 48.8 Å². The molecule has 0 fully saturated rings. The van der Waals surface area contributed by atoms with Crippen LogP contribution in [0, 0.1) is 0 Å². The topological polar surface area (TPSA) is 45.7 Å². The highest BCUT2D eigenvalue weighted by Crippen LogP contribution is 2.17. The molecule has 3 nitrogen and oxygen atoms in total. The zero-order chi connectivity index (χ0) is 9.80. The van der Waals surface area contributed by atoms with E-state index >= 15 is 0 Å². The smallest absolute Gasteiger partial charge is 0.176 e. The van der Waals surface area contributed by atoms with E-state index < -0.39 is 6.10 Å². The van der Waals surface area contributed by atoms with E-state index in [4.69, 9.17) is 0 Å². The van der Waals surface area contributed by atoms with Crippen LogP contribution in [-0.4, -0.2) is 9.97 Å². The van der Waals surface area contributed by atoms with Crippen molar-refractivity contribution in [2.75, 3.05) is 0 Å². The standard InChI is InChI=1S/C11H9N2O/c14-11(9-5-1-3-7-12-9)10-6-2-4-8-13-10/h1-8,11H. The molecule has 1 radical (unpaired) electrons. The van der Waals surface area contributed by atoms with Crippen molar-refractivity contribution in [3.05, 3.63) is 60.2 Å². The maximum Gasteiger partial charge on any atom is 0.176 e. The fraction of sp³-hybridized carbons (Fsp3) is 0.0909. The first-order chi connectivity index (χ1) is 6.88. The fourth-order valence-electron chi connectivity index (χ4n) is 1.21. The lowest BCUT2D eigenvalue weighted by Gasteiger charge is -2.05. The summed E-state index contributed by atoms with van der Waals surface area (Å²) < 4.78 is 0. The molecule has 2 aromatic rings. The van der Waals surface area contributed by atoms with Crippen LogP contribution in [0.5, 0.6) is 0 Å². The van der Waals surface area contributed by atoms with E-state index in [1.807, 2.05) is 0 Å². The van der Waals surface area contributed by atoms with Gasteiger partial charge in [0, 0.05) is 12.4 Å². The Morgan fingerprint density at radius 2 is 1.36 bits per heavy atom. The quantitative estimate of drug-likeness (QED) is 0.718. The Balaban J connectivity index is 2.30. The molecule has 0 aliphatic carbocycles. The molecule has 0 saturated carbocycles. The zero-order valence-corrected chi connectivity index (χ0v) is 7.50. The van der Waals surface area contributed by atoms with Crippen molar-refractivity contribution in [2.24, 2.45) is 0 Å². The highest BCUT2D eigenvalue weighted by molar-refractivity contribution is 5.18. The molecular weight excluding hydrogens is 176 g/mol. The van der Waals surface area contributed by atoms with E-state index in [2.05, 4.69) is 9.97 Å². The highest BCUT2D eigenvalue weighted by atomic mass is 16.3. The van der Waals surface area contributed by atoms with Crippen molar-refractivity contribution in [1.29, 1.82) is 0 Å². The number of hydrogen-bond acceptors (Lipinski definition) is 2. The van der Waals surface area contributed by atoms with Crippen LogP contribution in [0.15, 0.2) is 48.8 Å². The van der Waals surface area contributed by atoms with Gasteiger partial charge in [-0.1, -0.05) is 12.1 Å². The molecule has 2 rings (SSSR count). The summed E-state index contributed by atoms with van der Waals surface area (Å²) in [5.41, 5.74) is 1.01. The minimum absolute atomic E-state index is 0.506. The molecule has 0 unspecified atom stereocenters. The van der Waals surface area contributed by atoms with Gasteiger partial charge in [0.2, 0.25) is 0 Å². The minimum Gasteiger partial charge on any atom is -0.258 e. The van der Waals surface area contributed by atoms with Crippen LogP contribution in [0.4, 0.5) is 0 Å². The van der Waals surface area contributed by atoms with Crippen molar-refractivity contribution in [3.8, 4) is 0 Å². The van der Waals surface area contributed by atoms with Gasteiger partial charge in [0.1, 0.15) is 0 Å². The molecule has 0 aliphatic heterocycles. The van der Waals surface area contributed by atoms with Gasteiger partial charge in [0.15, 0.2) is 6.10 Å². The van der Waals surface area contributed by atoms with Crippen LogP contribution in [0.3, 0.4) is 0 Å². The molecule has 0 saturated heterocycles. The monoisotopic (exact) mass is 185 g/mol. The maximum absolute atomic E-state index is 11.8. The lowest BCUT2D eigenvalue weighted by atomic mass is 10.1. The van der Waals surface area contributed by atoms with Gasteiger partial charge in [0.25, 0.3) is 0 Å². The average Bonchev–Trinajstić information content (AvgIpc) is 2.30. The second-order valence-electron chi connectivity index (χ2n) is 2.89. The second kappa shape index (κ2) is 3.98. The van der Waals surface area contributed by atoms with Crippen molar-refractivity contribution < 1.29 is 5.11 Å². The van der Waals surface area contributed by atoms with Crippen LogP contribution >= 0.6 is 0 Å². The van der Waals surface area contributed by atoms with Gasteiger partial charge in [-0.05, 0) is 24.3 Å². The molecule has 0 N–H and O–H groups in total. The molecule has 3 heteroatoms. The van der Waals surface area contributed by atoms with Gasteiger partial charge in [-0.25, -0.2) is 5.11 Å². The van der Waals surface area contributed by atoms with Gasteiger partial charge in [-0.15, -0.1) is 0 Å². The Morgan fingerprint density at radius 3 is 1.71 bits per heavy atom. The predicted molar refractivity (Wildman–Crippen MR) is 51.0 cm³/mol. The number of hydrogen-bond donors (Lipinski definition) is 0. The van der Waals surface area contributed by atoms with Crippen molar-refractivity contribution in [2.45, 2.75) is 6.10 Å². The number of pyridine rings is 2. The summed E-state index contributed by atoms with van der Waals surface area (Å²) in [6.45, 7) is 0. The molecule has 0 aliphatic rings. The summed E-state index contributed by atoms with van der Waals surface area (Å²) >= 11 is 0. The third-order valence-electron chi connectivity index (χ3n) is 1.91. The fourth-order valence-corrected chi connectivity index (χ4v) is 1.21. The highest BCUT2D eigenvalue weighted by Gasteiger charge is 2.13. The first-order valence-corrected chi connectivity index (χ1v) is 4.35. The Morgan fingerprint density at radius 1 is 0.857 bits per heavy atom. The maximum atomic E-state index is 11.8. The molecule has 0 spiro atoms. The summed E-state index contributed by atoms with van der Waals surface area (Å²) in [4.78, 5) is 8.01. The summed E-state index contributed by atoms with van der Waals surface area (Å²) in [5.74, 6) is 0. The van der Waals surface area contributed by atoms with E-state index in [0.717, 1.165) is 0 Å². The van der Waals surface area contributed by atoms with Crippen LogP contribution in [-0.2, 0) is 5.11 Å². The van der Waals surface area contributed by atoms with E-state index in [-0.39, 0.29) is 0 Å². The Kier molecular flexibility index (Phi) is 2.51. The molecule has 0 amide bonds. The van der Waals surface area contributed by atoms with E-state index in [1.165, 1.54) is 0 Å². The lowest BCUT2D eigenvalue weighted by Crippen LogP contribution is -2.01. The minimum atomic E-state index is -0.989. The Hall–Kier alpha value is -1.74. The molecule has 0 bridgehead atoms. The van der Waals surface area contributed by atoms with Gasteiger partial charge in [0.05, 0.1) is 11.4 Å². The first-order valence-electron chi connectivity index (χ1n) is 4.35. The van der Waals surface area contributed by atoms with Crippen molar-refractivity contribution >= 4 is 0 Å². The SMILES string of the molecule is [O]C(c1ccccn1)c1ccccn1. The summed E-state index contributed by atoms with van der Waals surface area (Å²) in [5, 5.41) is 11.8. The lowest BCUT2D eigenvalue weighted by molar-refractivity contribution is 0.117. The predicted octanol–water partition coefficient (Wildman–Crippen LogP) is 2.00. The van der Waals surface area contributed by atoms with Gasteiger partial charge in [-0.2, -0.15) is 0 Å². The normalized spacial score (nSPS) is 10.4. The third kappa shape index (κ3) is 1.78. The van der Waals surface area contributed by atoms with Crippen molar-refractivity contribution in [1.82, 2.24) is 9.97 Å². The summed E-state index contributed by atoms with van der Waals surface area (Å²) in [6, 6.07) is 10.6. The van der Waals surface area contributed by atoms with Crippen LogP contribution < -0.4 is 0 Å². The number of nitrogens with zero attached hydrogens (tertiary/aromatic N) is 2. The third-order valence-corrected chi connectivity index (χ3v) is 1.91. The molecule has 2 heterocycles. The Bertz CT molecular complexity index is 349. The summed E-state index contributed by atoms with van der Waals surface area (Å²) in [7, 11) is 0. The van der Waals surface area contributed by atoms with Gasteiger partial charge in [-0.3, -0.25) is 9.97 Å². The number of aromatic nitrogens is 2. The summed E-state index contributed by atoms with van der Waals surface area (Å²) in [6.07, 6.45) is 2.24. The average molecular weight is 185 g/mol. The van der Waals surface area contributed by atoms with Crippen molar-refractivity contribution in [3.63, 3.8) is 0 Å². The van der Waals surface area contributed by atoms with Gasteiger partial charge >= 0.3 is 0 Å². The van der Waals surface area contributed by atoms with Gasteiger partial charge < -0.3 is 0 Å². The Labute approximate surface area is 82.1 Å². The molecule has 69 valence electrons. The van der Waals surface area contributed by atoms with Crippen LogP contribution in [0.25, 0.3) is 0 Å². The largest absolute Gasteiger partial charge is 0.258 e. The zero-order valence-electron chi connectivity index (χ0n) is 7.50. The van der Waals surface area contributed by atoms with Crippen LogP contribution in [0.2, 0.25) is 0 Å². The van der Waals surface area contributed by atoms with Crippen LogP contribution in [0.1, 0.15) is 17.5 Å².